The van der Waals surface area contributed by atoms with E-state index in [0.717, 1.165) is 35.2 Å². The van der Waals surface area contributed by atoms with Crippen molar-refractivity contribution in [2.75, 3.05) is 6.54 Å². The van der Waals surface area contributed by atoms with Crippen molar-refractivity contribution in [2.24, 2.45) is 4.99 Å². The van der Waals surface area contributed by atoms with Gasteiger partial charge in [-0.3, -0.25) is 9.97 Å². The molecule has 2 heterocycles. The van der Waals surface area contributed by atoms with Gasteiger partial charge in [-0.2, -0.15) is 0 Å². The highest BCUT2D eigenvalue weighted by Gasteiger charge is 2.01. The Morgan fingerprint density at radius 1 is 0.893 bits per heavy atom. The van der Waals surface area contributed by atoms with E-state index >= 15 is 0 Å². The van der Waals surface area contributed by atoms with Gasteiger partial charge in [-0.15, -0.1) is 0 Å². The van der Waals surface area contributed by atoms with Crippen molar-refractivity contribution in [3.63, 3.8) is 0 Å². The lowest BCUT2D eigenvalue weighted by atomic mass is 10.2. The number of guanidine groups is 1. The van der Waals surface area contributed by atoms with Crippen LogP contribution in [0.4, 0.5) is 0 Å². The number of hydrogen-bond donors (Lipinski definition) is 2. The Labute approximate surface area is 165 Å². The van der Waals surface area contributed by atoms with Crippen molar-refractivity contribution in [3.05, 3.63) is 90.0 Å². The van der Waals surface area contributed by atoms with E-state index in [4.69, 9.17) is 4.74 Å². The van der Waals surface area contributed by atoms with Crippen LogP contribution in [0.2, 0.25) is 0 Å². The molecule has 0 aliphatic carbocycles. The number of aromatic nitrogens is 2. The summed E-state index contributed by atoms with van der Waals surface area (Å²) >= 11 is 0. The molecule has 0 radical (unpaired) electrons. The molecule has 0 saturated heterocycles. The van der Waals surface area contributed by atoms with Gasteiger partial charge in [0.25, 0.3) is 0 Å². The Morgan fingerprint density at radius 3 is 2.25 bits per heavy atom. The molecule has 0 amide bonds. The molecule has 3 rings (SSSR count). The van der Waals surface area contributed by atoms with Gasteiger partial charge >= 0.3 is 0 Å². The molecule has 0 atom stereocenters. The zero-order valence-corrected chi connectivity index (χ0v) is 16.0. The summed E-state index contributed by atoms with van der Waals surface area (Å²) < 4.78 is 5.77. The van der Waals surface area contributed by atoms with E-state index in [-0.39, 0.29) is 0 Å². The van der Waals surface area contributed by atoms with Crippen LogP contribution in [0, 0.1) is 0 Å². The highest BCUT2D eigenvalue weighted by molar-refractivity contribution is 5.79. The molecule has 144 valence electrons. The van der Waals surface area contributed by atoms with Crippen LogP contribution >= 0.6 is 0 Å². The van der Waals surface area contributed by atoms with Crippen LogP contribution in [-0.2, 0) is 19.7 Å². The summed E-state index contributed by atoms with van der Waals surface area (Å²) in [6.07, 6.45) is 3.56. The number of hydrogen-bond acceptors (Lipinski definition) is 4. The number of aliphatic imine (C=N–C) groups is 1. The van der Waals surface area contributed by atoms with Gasteiger partial charge in [-0.1, -0.05) is 24.3 Å². The highest BCUT2D eigenvalue weighted by atomic mass is 16.5. The van der Waals surface area contributed by atoms with E-state index in [2.05, 4.69) is 25.6 Å². The van der Waals surface area contributed by atoms with Crippen LogP contribution in [0.5, 0.6) is 5.75 Å². The van der Waals surface area contributed by atoms with Crippen molar-refractivity contribution in [2.45, 2.75) is 26.6 Å². The molecule has 28 heavy (non-hydrogen) atoms. The fraction of sp³-hybridized carbons (Fsp3) is 0.227. The summed E-state index contributed by atoms with van der Waals surface area (Å²) in [6.45, 7) is 4.52. The van der Waals surface area contributed by atoms with Crippen LogP contribution < -0.4 is 15.4 Å². The molecule has 6 nitrogen and oxygen atoms in total. The maximum absolute atomic E-state index is 5.77. The molecule has 1 aromatic carbocycles. The standard InChI is InChI=1S/C22H25N5O/c1-2-23-22(27-16-19-7-3-5-13-24-19)26-15-18-9-11-21(12-10-18)28-17-20-8-4-6-14-25-20/h3-14H,2,15-17H2,1H3,(H2,23,26,27). The van der Waals surface area contributed by atoms with Crippen LogP contribution in [0.3, 0.4) is 0 Å². The summed E-state index contributed by atoms with van der Waals surface area (Å²) in [5.41, 5.74) is 2.99. The van der Waals surface area contributed by atoms with E-state index in [1.807, 2.05) is 67.6 Å². The monoisotopic (exact) mass is 375 g/mol. The first kappa shape index (κ1) is 19.4. The lowest BCUT2D eigenvalue weighted by Gasteiger charge is -2.11. The van der Waals surface area contributed by atoms with Gasteiger partial charge in [0.15, 0.2) is 5.96 Å². The normalized spacial score (nSPS) is 11.1. The Hall–Kier alpha value is -3.41. The van der Waals surface area contributed by atoms with Gasteiger partial charge in [0.05, 0.1) is 24.5 Å². The van der Waals surface area contributed by atoms with Gasteiger partial charge in [-0.25, -0.2) is 4.99 Å². The number of rotatable bonds is 8. The van der Waals surface area contributed by atoms with Crippen molar-refractivity contribution in [1.29, 1.82) is 0 Å². The number of ether oxygens (including phenoxy) is 1. The average Bonchev–Trinajstić information content (AvgIpc) is 2.76. The van der Waals surface area contributed by atoms with E-state index in [0.29, 0.717) is 19.7 Å². The summed E-state index contributed by atoms with van der Waals surface area (Å²) in [7, 11) is 0. The summed E-state index contributed by atoms with van der Waals surface area (Å²) in [5.74, 6) is 1.59. The predicted molar refractivity (Wildman–Crippen MR) is 111 cm³/mol. The molecule has 6 heteroatoms. The largest absolute Gasteiger partial charge is 0.487 e. The third-order valence-electron chi connectivity index (χ3n) is 3.96. The lowest BCUT2D eigenvalue weighted by Crippen LogP contribution is -2.36. The number of nitrogens with zero attached hydrogens (tertiary/aromatic N) is 3. The van der Waals surface area contributed by atoms with Gasteiger partial charge in [0.1, 0.15) is 12.4 Å². The van der Waals surface area contributed by atoms with Gasteiger partial charge in [0.2, 0.25) is 0 Å². The maximum atomic E-state index is 5.77. The first-order chi connectivity index (χ1) is 13.8. The zero-order valence-electron chi connectivity index (χ0n) is 16.0. The predicted octanol–water partition coefficient (Wildman–Crippen LogP) is 3.31. The summed E-state index contributed by atoms with van der Waals surface area (Å²) in [4.78, 5) is 13.2. The van der Waals surface area contributed by atoms with E-state index in [1.54, 1.807) is 12.4 Å². The Bertz CT molecular complexity index is 851. The Kier molecular flexibility index (Phi) is 7.37. The Morgan fingerprint density at radius 2 is 1.61 bits per heavy atom. The van der Waals surface area contributed by atoms with Crippen molar-refractivity contribution in [1.82, 2.24) is 20.6 Å². The van der Waals surface area contributed by atoms with Gasteiger partial charge in [-0.05, 0) is 48.9 Å². The topological polar surface area (TPSA) is 71.4 Å². The molecule has 2 N–H and O–H groups in total. The second kappa shape index (κ2) is 10.7. The fourth-order valence-corrected chi connectivity index (χ4v) is 2.52. The summed E-state index contributed by atoms with van der Waals surface area (Å²) in [5, 5.41) is 6.55. The molecule has 0 bridgehead atoms. The average molecular weight is 375 g/mol. The van der Waals surface area contributed by atoms with E-state index < -0.39 is 0 Å². The second-order valence-electron chi connectivity index (χ2n) is 6.12. The molecule has 0 unspecified atom stereocenters. The quantitative estimate of drug-likeness (QED) is 0.467. The van der Waals surface area contributed by atoms with Crippen molar-refractivity contribution >= 4 is 5.96 Å². The molecular formula is C22H25N5O. The Balaban J connectivity index is 1.52. The molecule has 0 aliphatic heterocycles. The molecular weight excluding hydrogens is 350 g/mol. The van der Waals surface area contributed by atoms with E-state index in [1.165, 1.54) is 0 Å². The second-order valence-corrected chi connectivity index (χ2v) is 6.12. The smallest absolute Gasteiger partial charge is 0.191 e. The van der Waals surface area contributed by atoms with E-state index in [9.17, 15) is 0 Å². The minimum absolute atomic E-state index is 0.459. The van der Waals surface area contributed by atoms with Gasteiger partial charge < -0.3 is 15.4 Å². The zero-order chi connectivity index (χ0) is 19.4. The molecule has 0 aliphatic rings. The first-order valence-electron chi connectivity index (χ1n) is 9.37. The van der Waals surface area contributed by atoms with Crippen LogP contribution in [0.15, 0.2) is 78.0 Å². The molecule has 3 aromatic rings. The molecule has 0 spiro atoms. The highest BCUT2D eigenvalue weighted by Crippen LogP contribution is 2.14. The minimum Gasteiger partial charge on any atom is -0.487 e. The summed E-state index contributed by atoms with van der Waals surface area (Å²) in [6, 6.07) is 19.6. The fourth-order valence-electron chi connectivity index (χ4n) is 2.52. The minimum atomic E-state index is 0.459. The first-order valence-corrected chi connectivity index (χ1v) is 9.37. The maximum Gasteiger partial charge on any atom is 0.191 e. The van der Waals surface area contributed by atoms with Crippen molar-refractivity contribution < 1.29 is 4.74 Å². The SMILES string of the molecule is CCNC(=NCc1ccc(OCc2ccccn2)cc1)NCc1ccccn1. The number of benzene rings is 1. The van der Waals surface area contributed by atoms with Crippen LogP contribution in [0.25, 0.3) is 0 Å². The van der Waals surface area contributed by atoms with Gasteiger partial charge in [0, 0.05) is 18.9 Å². The third-order valence-corrected chi connectivity index (χ3v) is 3.96. The van der Waals surface area contributed by atoms with Crippen LogP contribution in [-0.4, -0.2) is 22.5 Å². The van der Waals surface area contributed by atoms with Crippen molar-refractivity contribution in [3.8, 4) is 5.75 Å². The third kappa shape index (κ3) is 6.39. The lowest BCUT2D eigenvalue weighted by molar-refractivity contribution is 0.301. The van der Waals surface area contributed by atoms with Crippen LogP contribution in [0.1, 0.15) is 23.9 Å². The molecule has 2 aromatic heterocycles. The number of pyridine rings is 2. The molecule has 0 fully saturated rings. The molecule has 0 saturated carbocycles. The number of nitrogens with one attached hydrogen (secondary N) is 2.